The van der Waals surface area contributed by atoms with E-state index in [1.54, 1.807) is 0 Å². The van der Waals surface area contributed by atoms with Crippen LogP contribution < -0.4 is 5.32 Å². The second-order valence-corrected chi connectivity index (χ2v) is 3.33. The number of hydrogen-bond acceptors (Lipinski definition) is 2. The van der Waals surface area contributed by atoms with Gasteiger partial charge < -0.3 is 10.1 Å². The monoisotopic (exact) mass is 177 g/mol. The van der Waals surface area contributed by atoms with Gasteiger partial charge in [-0.25, -0.2) is 0 Å². The summed E-state index contributed by atoms with van der Waals surface area (Å²) in [5.41, 5.74) is 0. The molecule has 0 aromatic rings. The summed E-state index contributed by atoms with van der Waals surface area (Å²) in [7, 11) is 0. The van der Waals surface area contributed by atoms with E-state index < -0.39 is 0 Å². The van der Waals surface area contributed by atoms with Crippen molar-refractivity contribution in [2.75, 3.05) is 19.7 Å². The Morgan fingerprint density at radius 1 is 1.36 bits per heavy atom. The molecule has 2 saturated heterocycles. The highest BCUT2D eigenvalue weighted by atomic mass is 35.5. The minimum atomic E-state index is 0. The van der Waals surface area contributed by atoms with Crippen LogP contribution in [0.5, 0.6) is 0 Å². The van der Waals surface area contributed by atoms with Gasteiger partial charge in [0.05, 0.1) is 6.10 Å². The first-order valence-corrected chi connectivity index (χ1v) is 4.24. The molecule has 3 atom stereocenters. The summed E-state index contributed by atoms with van der Waals surface area (Å²) < 4.78 is 5.60. The molecule has 11 heavy (non-hydrogen) atoms. The van der Waals surface area contributed by atoms with Crippen LogP contribution in [0.4, 0.5) is 0 Å². The Kier molecular flexibility index (Phi) is 3.16. The number of fused-ring (bicyclic) bond motifs is 2. The molecule has 2 nitrogen and oxygen atoms in total. The molecule has 0 spiro atoms. The second kappa shape index (κ2) is 3.74. The van der Waals surface area contributed by atoms with Gasteiger partial charge in [0.15, 0.2) is 0 Å². The second-order valence-electron chi connectivity index (χ2n) is 3.33. The Morgan fingerprint density at radius 3 is 2.45 bits per heavy atom. The molecule has 3 aliphatic rings. The van der Waals surface area contributed by atoms with Crippen molar-refractivity contribution in [3.8, 4) is 0 Å². The van der Waals surface area contributed by atoms with Crippen molar-refractivity contribution in [2.45, 2.75) is 19.4 Å². The van der Waals surface area contributed by atoms with Crippen LogP contribution in [-0.4, -0.2) is 25.8 Å². The van der Waals surface area contributed by atoms with Crippen molar-refractivity contribution >= 4 is 12.4 Å². The van der Waals surface area contributed by atoms with Crippen LogP contribution in [0.2, 0.25) is 0 Å². The Morgan fingerprint density at radius 2 is 2.00 bits per heavy atom. The van der Waals surface area contributed by atoms with Gasteiger partial charge in [0.25, 0.3) is 0 Å². The SMILES string of the molecule is CCOC1[C@@H]2CNC[C@H]1C2.Cl. The van der Waals surface area contributed by atoms with E-state index in [0.29, 0.717) is 6.10 Å². The highest BCUT2D eigenvalue weighted by Gasteiger charge is 2.44. The molecule has 0 aromatic heterocycles. The third kappa shape index (κ3) is 1.53. The zero-order valence-electron chi connectivity index (χ0n) is 6.88. The van der Waals surface area contributed by atoms with Crippen LogP contribution in [0.3, 0.4) is 0 Å². The van der Waals surface area contributed by atoms with Crippen LogP contribution in [0.15, 0.2) is 0 Å². The van der Waals surface area contributed by atoms with Gasteiger partial charge in [-0.15, -0.1) is 12.4 Å². The van der Waals surface area contributed by atoms with E-state index in [2.05, 4.69) is 12.2 Å². The average Bonchev–Trinajstić information content (AvgIpc) is 2.01. The fourth-order valence-electron chi connectivity index (χ4n) is 2.16. The lowest BCUT2D eigenvalue weighted by atomic mass is 9.69. The topological polar surface area (TPSA) is 21.3 Å². The molecule has 1 unspecified atom stereocenters. The highest BCUT2D eigenvalue weighted by Crippen LogP contribution is 2.38. The molecule has 3 fully saturated rings. The van der Waals surface area contributed by atoms with Gasteiger partial charge in [-0.1, -0.05) is 0 Å². The average molecular weight is 178 g/mol. The van der Waals surface area contributed by atoms with E-state index >= 15 is 0 Å². The van der Waals surface area contributed by atoms with Gasteiger partial charge in [-0.05, 0) is 25.2 Å². The van der Waals surface area contributed by atoms with Crippen molar-refractivity contribution in [3.63, 3.8) is 0 Å². The smallest absolute Gasteiger partial charge is 0.0655 e. The predicted octanol–water partition coefficient (Wildman–Crippen LogP) is 1.05. The molecular formula is C8H16ClNO. The van der Waals surface area contributed by atoms with Gasteiger partial charge in [0.1, 0.15) is 0 Å². The summed E-state index contributed by atoms with van der Waals surface area (Å²) in [5.74, 6) is 1.66. The molecule has 0 aromatic carbocycles. The molecule has 0 radical (unpaired) electrons. The number of nitrogens with one attached hydrogen (secondary N) is 1. The maximum Gasteiger partial charge on any atom is 0.0655 e. The fourth-order valence-corrected chi connectivity index (χ4v) is 2.16. The first kappa shape index (κ1) is 9.30. The maximum atomic E-state index is 5.60. The molecule has 0 amide bonds. The summed E-state index contributed by atoms with van der Waals surface area (Å²) in [5, 5.41) is 3.39. The Hall–Kier alpha value is 0.210. The summed E-state index contributed by atoms with van der Waals surface area (Å²) in [6.07, 6.45) is 2.00. The van der Waals surface area contributed by atoms with E-state index in [9.17, 15) is 0 Å². The van der Waals surface area contributed by atoms with Crippen molar-refractivity contribution in [2.24, 2.45) is 11.8 Å². The number of ether oxygens (including phenoxy) is 1. The molecule has 3 rings (SSSR count). The maximum absolute atomic E-state index is 5.60. The fraction of sp³-hybridized carbons (Fsp3) is 1.00. The highest BCUT2D eigenvalue weighted by molar-refractivity contribution is 5.85. The van der Waals surface area contributed by atoms with Gasteiger partial charge in [-0.3, -0.25) is 0 Å². The molecule has 3 heteroatoms. The lowest BCUT2D eigenvalue weighted by molar-refractivity contribution is -0.107. The van der Waals surface area contributed by atoms with Gasteiger partial charge >= 0.3 is 0 Å². The normalized spacial score (nSPS) is 40.6. The quantitative estimate of drug-likeness (QED) is 0.681. The van der Waals surface area contributed by atoms with Crippen molar-refractivity contribution in [1.82, 2.24) is 5.32 Å². The standard InChI is InChI=1S/C8H15NO.ClH/c1-2-10-8-6-3-7(8)5-9-4-6;/h6-9H,2-5H2,1H3;1H/t6-,7+,8?;. The Bertz CT molecular complexity index is 117. The van der Waals surface area contributed by atoms with Gasteiger partial charge in [0.2, 0.25) is 0 Å². The molecule has 2 aliphatic heterocycles. The van der Waals surface area contributed by atoms with Crippen molar-refractivity contribution in [1.29, 1.82) is 0 Å². The van der Waals surface area contributed by atoms with Crippen LogP contribution in [-0.2, 0) is 4.74 Å². The summed E-state index contributed by atoms with van der Waals surface area (Å²) >= 11 is 0. The summed E-state index contributed by atoms with van der Waals surface area (Å²) in [4.78, 5) is 0. The minimum Gasteiger partial charge on any atom is -0.378 e. The minimum absolute atomic E-state index is 0. The molecule has 66 valence electrons. The first-order valence-electron chi connectivity index (χ1n) is 4.24. The van der Waals surface area contributed by atoms with Crippen molar-refractivity contribution < 1.29 is 4.74 Å². The third-order valence-electron chi connectivity index (χ3n) is 2.71. The molecular weight excluding hydrogens is 162 g/mol. The zero-order valence-corrected chi connectivity index (χ0v) is 7.69. The predicted molar refractivity (Wildman–Crippen MR) is 47.1 cm³/mol. The number of piperidine rings is 2. The molecule has 1 saturated carbocycles. The number of halogens is 1. The molecule has 2 heterocycles. The van der Waals surface area contributed by atoms with Crippen LogP contribution in [0.1, 0.15) is 13.3 Å². The molecule has 2 bridgehead atoms. The number of hydrogen-bond donors (Lipinski definition) is 1. The van der Waals surface area contributed by atoms with E-state index in [-0.39, 0.29) is 12.4 Å². The van der Waals surface area contributed by atoms with Gasteiger partial charge in [0, 0.05) is 19.7 Å². The van der Waals surface area contributed by atoms with Crippen LogP contribution in [0.25, 0.3) is 0 Å². The van der Waals surface area contributed by atoms with E-state index in [4.69, 9.17) is 4.74 Å². The largest absolute Gasteiger partial charge is 0.378 e. The first-order chi connectivity index (χ1) is 4.92. The lowest BCUT2D eigenvalue weighted by Gasteiger charge is -2.49. The molecule has 1 aliphatic carbocycles. The van der Waals surface area contributed by atoms with E-state index in [1.165, 1.54) is 19.5 Å². The molecule has 1 N–H and O–H groups in total. The number of rotatable bonds is 2. The van der Waals surface area contributed by atoms with E-state index in [0.717, 1.165) is 18.4 Å². The van der Waals surface area contributed by atoms with Crippen molar-refractivity contribution in [3.05, 3.63) is 0 Å². The van der Waals surface area contributed by atoms with Gasteiger partial charge in [-0.2, -0.15) is 0 Å². The zero-order chi connectivity index (χ0) is 6.97. The third-order valence-corrected chi connectivity index (χ3v) is 2.71. The Balaban J connectivity index is 0.000000605. The lowest BCUT2D eigenvalue weighted by Crippen LogP contribution is -2.57. The summed E-state index contributed by atoms with van der Waals surface area (Å²) in [6.45, 7) is 5.33. The van der Waals surface area contributed by atoms with E-state index in [1.807, 2.05) is 0 Å². The van der Waals surface area contributed by atoms with Crippen LogP contribution >= 0.6 is 12.4 Å². The van der Waals surface area contributed by atoms with Crippen LogP contribution in [0, 0.1) is 11.8 Å². The summed E-state index contributed by atoms with van der Waals surface area (Å²) in [6, 6.07) is 0. The Labute approximate surface area is 74.1 Å².